The van der Waals surface area contributed by atoms with Crippen LogP contribution in [0.1, 0.15) is 12.1 Å². The molecule has 6 nitrogen and oxygen atoms in total. The Balaban J connectivity index is 2.40. The highest BCUT2D eigenvalue weighted by Gasteiger charge is 2.16. The van der Waals surface area contributed by atoms with Gasteiger partial charge in [-0.1, -0.05) is 5.21 Å². The predicted octanol–water partition coefficient (Wildman–Crippen LogP) is 0.792. The van der Waals surface area contributed by atoms with Gasteiger partial charge in [-0.05, 0) is 18.6 Å². The Morgan fingerprint density at radius 2 is 2.44 bits per heavy atom. The van der Waals surface area contributed by atoms with Crippen LogP contribution in [0.3, 0.4) is 0 Å². The standard InChI is InChI=1S/C10H10N4O2/c11-7-8-10(9-3-1-6-16-9)14(13-12-8)4-2-5-15/h1,3,6,15H,2,4-5H2. The van der Waals surface area contributed by atoms with Crippen molar-refractivity contribution >= 4 is 0 Å². The molecule has 2 rings (SSSR count). The first-order valence-electron chi connectivity index (χ1n) is 4.85. The molecule has 0 radical (unpaired) electrons. The first-order valence-corrected chi connectivity index (χ1v) is 4.85. The maximum atomic E-state index is 8.90. The summed E-state index contributed by atoms with van der Waals surface area (Å²) in [6, 6.07) is 5.44. The van der Waals surface area contributed by atoms with E-state index in [4.69, 9.17) is 14.8 Å². The topological polar surface area (TPSA) is 87.9 Å². The molecule has 1 N–H and O–H groups in total. The lowest BCUT2D eigenvalue weighted by Gasteiger charge is -2.02. The van der Waals surface area contributed by atoms with Crippen molar-refractivity contribution in [3.05, 3.63) is 24.1 Å². The van der Waals surface area contributed by atoms with E-state index >= 15 is 0 Å². The Hall–Kier alpha value is -2.13. The third-order valence-electron chi connectivity index (χ3n) is 2.12. The molecule has 0 saturated carbocycles. The first-order chi connectivity index (χ1) is 7.86. The van der Waals surface area contributed by atoms with Crippen LogP contribution in [0.4, 0.5) is 0 Å². The third kappa shape index (κ3) is 1.81. The van der Waals surface area contributed by atoms with Gasteiger partial charge in [0.05, 0.1) is 6.26 Å². The van der Waals surface area contributed by atoms with Gasteiger partial charge in [0.25, 0.3) is 0 Å². The quantitative estimate of drug-likeness (QED) is 0.819. The third-order valence-corrected chi connectivity index (χ3v) is 2.12. The van der Waals surface area contributed by atoms with Gasteiger partial charge < -0.3 is 9.52 Å². The Morgan fingerprint density at radius 3 is 3.06 bits per heavy atom. The van der Waals surface area contributed by atoms with Gasteiger partial charge in [0.15, 0.2) is 11.5 Å². The van der Waals surface area contributed by atoms with Gasteiger partial charge in [0.2, 0.25) is 0 Å². The fourth-order valence-electron chi connectivity index (χ4n) is 1.42. The Bertz CT molecular complexity index is 495. The zero-order chi connectivity index (χ0) is 11.4. The summed E-state index contributed by atoms with van der Waals surface area (Å²) in [7, 11) is 0. The van der Waals surface area contributed by atoms with Gasteiger partial charge in [-0.2, -0.15) is 5.26 Å². The van der Waals surface area contributed by atoms with Crippen molar-refractivity contribution in [1.29, 1.82) is 5.26 Å². The SMILES string of the molecule is N#Cc1nnn(CCCO)c1-c1ccco1. The first kappa shape index (κ1) is 10.4. The lowest BCUT2D eigenvalue weighted by atomic mass is 10.2. The maximum Gasteiger partial charge on any atom is 0.193 e. The Labute approximate surface area is 91.7 Å². The minimum Gasteiger partial charge on any atom is -0.463 e. The maximum absolute atomic E-state index is 8.90. The van der Waals surface area contributed by atoms with E-state index in [1.807, 2.05) is 6.07 Å². The van der Waals surface area contributed by atoms with Crippen LogP contribution in [0.2, 0.25) is 0 Å². The second kappa shape index (κ2) is 4.59. The van der Waals surface area contributed by atoms with Crippen LogP contribution in [0.15, 0.2) is 22.8 Å². The number of hydrogen-bond acceptors (Lipinski definition) is 5. The average molecular weight is 218 g/mol. The predicted molar refractivity (Wildman–Crippen MR) is 54.1 cm³/mol. The molecule has 0 aliphatic heterocycles. The van der Waals surface area contributed by atoms with Crippen LogP contribution in [0, 0.1) is 11.3 Å². The molecule has 0 aromatic carbocycles. The fourth-order valence-corrected chi connectivity index (χ4v) is 1.42. The molecule has 0 saturated heterocycles. The van der Waals surface area contributed by atoms with E-state index in [0.717, 1.165) is 0 Å². The highest BCUT2D eigenvalue weighted by molar-refractivity contribution is 5.58. The molecule has 82 valence electrons. The van der Waals surface area contributed by atoms with Crippen molar-refractivity contribution in [3.63, 3.8) is 0 Å². The number of furan rings is 1. The number of nitriles is 1. The van der Waals surface area contributed by atoms with Gasteiger partial charge >= 0.3 is 0 Å². The van der Waals surface area contributed by atoms with Crippen molar-refractivity contribution in [1.82, 2.24) is 15.0 Å². The second-order valence-corrected chi connectivity index (χ2v) is 3.18. The lowest BCUT2D eigenvalue weighted by Crippen LogP contribution is -2.04. The van der Waals surface area contributed by atoms with Crippen molar-refractivity contribution in [3.8, 4) is 17.5 Å². The Morgan fingerprint density at radius 1 is 1.56 bits per heavy atom. The number of hydrogen-bond donors (Lipinski definition) is 1. The van der Waals surface area contributed by atoms with Crippen LogP contribution in [0.5, 0.6) is 0 Å². The van der Waals surface area contributed by atoms with Crippen LogP contribution in [0.25, 0.3) is 11.5 Å². The summed E-state index contributed by atoms with van der Waals surface area (Å²) in [6.45, 7) is 0.570. The van der Waals surface area contributed by atoms with Crippen LogP contribution in [-0.4, -0.2) is 26.7 Å². The minimum absolute atomic E-state index is 0.0688. The molecule has 6 heteroatoms. The van der Waals surface area contributed by atoms with E-state index in [2.05, 4.69) is 10.3 Å². The molecule has 2 aromatic heterocycles. The summed E-state index contributed by atoms with van der Waals surface area (Å²) in [5, 5.41) is 25.3. The van der Waals surface area contributed by atoms with Crippen LogP contribution >= 0.6 is 0 Å². The number of nitrogens with zero attached hydrogens (tertiary/aromatic N) is 4. The molecule has 0 spiro atoms. The molecular formula is C10H10N4O2. The summed E-state index contributed by atoms with van der Waals surface area (Å²) in [4.78, 5) is 0. The zero-order valence-electron chi connectivity index (χ0n) is 8.50. The molecule has 2 aromatic rings. The smallest absolute Gasteiger partial charge is 0.193 e. The number of aromatic nitrogens is 3. The van der Waals surface area contributed by atoms with Gasteiger partial charge in [-0.25, -0.2) is 4.68 Å². The van der Waals surface area contributed by atoms with Gasteiger partial charge in [0, 0.05) is 13.2 Å². The Kier molecular flexibility index (Phi) is 2.98. The molecule has 0 bridgehead atoms. The molecule has 0 fully saturated rings. The van der Waals surface area contributed by atoms with E-state index in [0.29, 0.717) is 24.4 Å². The van der Waals surface area contributed by atoms with Crippen molar-refractivity contribution in [2.45, 2.75) is 13.0 Å². The molecule has 2 heterocycles. The van der Waals surface area contributed by atoms with Crippen LogP contribution in [-0.2, 0) is 6.54 Å². The summed E-state index contributed by atoms with van der Waals surface area (Å²) >= 11 is 0. The lowest BCUT2D eigenvalue weighted by molar-refractivity contribution is 0.276. The van der Waals surface area contributed by atoms with Crippen molar-refractivity contribution in [2.75, 3.05) is 6.61 Å². The number of aliphatic hydroxyl groups excluding tert-OH is 1. The normalized spacial score (nSPS) is 10.2. The molecule has 0 aliphatic rings. The molecular weight excluding hydrogens is 208 g/mol. The number of rotatable bonds is 4. The molecule has 16 heavy (non-hydrogen) atoms. The largest absolute Gasteiger partial charge is 0.463 e. The molecule has 0 amide bonds. The van der Waals surface area contributed by atoms with Gasteiger partial charge in [-0.15, -0.1) is 5.10 Å². The van der Waals surface area contributed by atoms with E-state index in [9.17, 15) is 0 Å². The minimum atomic E-state index is 0.0688. The van der Waals surface area contributed by atoms with E-state index in [-0.39, 0.29) is 12.3 Å². The van der Waals surface area contributed by atoms with Crippen molar-refractivity contribution < 1.29 is 9.52 Å². The molecule has 0 unspecified atom stereocenters. The second-order valence-electron chi connectivity index (χ2n) is 3.18. The van der Waals surface area contributed by atoms with Gasteiger partial charge in [0.1, 0.15) is 11.8 Å². The summed E-state index contributed by atoms with van der Waals surface area (Å²) in [5.74, 6) is 0.555. The van der Waals surface area contributed by atoms with E-state index in [1.54, 1.807) is 16.8 Å². The van der Waals surface area contributed by atoms with Crippen molar-refractivity contribution in [2.24, 2.45) is 0 Å². The molecule has 0 aliphatic carbocycles. The van der Waals surface area contributed by atoms with E-state index in [1.165, 1.54) is 6.26 Å². The molecule has 0 atom stereocenters. The zero-order valence-corrected chi connectivity index (χ0v) is 8.50. The summed E-state index contributed by atoms with van der Waals surface area (Å²) in [5.41, 5.74) is 0.786. The number of aliphatic hydroxyl groups is 1. The highest BCUT2D eigenvalue weighted by Crippen LogP contribution is 2.22. The van der Waals surface area contributed by atoms with Gasteiger partial charge in [-0.3, -0.25) is 0 Å². The summed E-state index contributed by atoms with van der Waals surface area (Å²) < 4.78 is 6.79. The van der Waals surface area contributed by atoms with E-state index < -0.39 is 0 Å². The fraction of sp³-hybridized carbons (Fsp3) is 0.300. The average Bonchev–Trinajstić information content (AvgIpc) is 2.94. The number of aryl methyl sites for hydroxylation is 1. The van der Waals surface area contributed by atoms with Crippen LogP contribution < -0.4 is 0 Å². The monoisotopic (exact) mass is 218 g/mol. The highest BCUT2D eigenvalue weighted by atomic mass is 16.3. The summed E-state index contributed by atoms with van der Waals surface area (Å²) in [6.07, 6.45) is 2.09.